The Kier molecular flexibility index (Phi) is 8.07. The number of carbonyl (C=O) groups is 2. The highest BCUT2D eigenvalue weighted by molar-refractivity contribution is 7.36. The van der Waals surface area contributed by atoms with Crippen LogP contribution in [0.5, 0.6) is 0 Å². The lowest BCUT2D eigenvalue weighted by molar-refractivity contribution is -0.150. The van der Waals surface area contributed by atoms with Crippen LogP contribution in [-0.2, 0) is 9.59 Å². The summed E-state index contributed by atoms with van der Waals surface area (Å²) < 4.78 is 0. The van der Waals surface area contributed by atoms with E-state index < -0.39 is 18.1 Å². The van der Waals surface area contributed by atoms with Gasteiger partial charge in [-0.3, -0.25) is 4.79 Å². The molecule has 0 aliphatic heterocycles. The smallest absolute Gasteiger partial charge is 0.326 e. The zero-order valence-corrected chi connectivity index (χ0v) is 12.2. The summed E-state index contributed by atoms with van der Waals surface area (Å²) in [6.07, 6.45) is 1.77. The third-order valence-corrected chi connectivity index (χ3v) is 3.48. The molecule has 0 aromatic heterocycles. The number of nitrogens with zero attached hydrogens (tertiary/aromatic N) is 1. The van der Waals surface area contributed by atoms with Crippen LogP contribution in [0.2, 0.25) is 0 Å². The van der Waals surface area contributed by atoms with E-state index in [0.29, 0.717) is 0 Å². The standard InChI is InChI=1S/C11H24N3O3P/c1-7(12)10(15)14(8(2)11(16)17)6-9(13)4-5-18-3/h7-9,18H,4-6,12-13H2,1-3H3,(H,16,17)/t7-,8-,9?/m0/s1. The molecule has 0 bridgehead atoms. The van der Waals surface area contributed by atoms with E-state index in [9.17, 15) is 9.59 Å². The van der Waals surface area contributed by atoms with Crippen molar-refractivity contribution in [2.75, 3.05) is 19.4 Å². The van der Waals surface area contributed by atoms with E-state index in [0.717, 1.165) is 21.2 Å². The second kappa shape index (κ2) is 8.40. The predicted octanol–water partition coefficient (Wildman–Crippen LogP) is -0.339. The first-order valence-corrected chi connectivity index (χ1v) is 7.71. The third kappa shape index (κ3) is 5.76. The zero-order chi connectivity index (χ0) is 14.3. The zero-order valence-electron chi connectivity index (χ0n) is 11.2. The quantitative estimate of drug-likeness (QED) is 0.526. The van der Waals surface area contributed by atoms with E-state index in [2.05, 4.69) is 6.66 Å². The average Bonchev–Trinajstić information content (AvgIpc) is 2.31. The molecule has 0 aromatic rings. The SMILES string of the molecule is CPCCC(N)CN(C(=O)[C@H](C)N)[C@@H](C)C(=O)O. The summed E-state index contributed by atoms with van der Waals surface area (Å²) in [6, 6.07) is -1.83. The molecule has 0 fully saturated rings. The van der Waals surface area contributed by atoms with E-state index in [1.54, 1.807) is 6.92 Å². The molecule has 4 atom stereocenters. The Hall–Kier alpha value is -0.710. The first-order valence-electron chi connectivity index (χ1n) is 6.00. The minimum absolute atomic E-state index is 0.207. The normalized spacial score (nSPS) is 16.5. The molecule has 0 spiro atoms. The molecule has 5 N–H and O–H groups in total. The number of hydrogen-bond donors (Lipinski definition) is 3. The van der Waals surface area contributed by atoms with E-state index in [4.69, 9.17) is 16.6 Å². The largest absolute Gasteiger partial charge is 0.480 e. The lowest BCUT2D eigenvalue weighted by Crippen LogP contribution is -2.53. The summed E-state index contributed by atoms with van der Waals surface area (Å²) in [5.41, 5.74) is 11.4. The fourth-order valence-corrected chi connectivity index (χ4v) is 2.17. The molecule has 7 heteroatoms. The molecule has 1 amide bonds. The number of carbonyl (C=O) groups excluding carboxylic acids is 1. The van der Waals surface area contributed by atoms with Gasteiger partial charge in [0.25, 0.3) is 0 Å². The predicted molar refractivity (Wildman–Crippen MR) is 74.2 cm³/mol. The second-order valence-corrected chi connectivity index (χ2v) is 5.65. The summed E-state index contributed by atoms with van der Waals surface area (Å²) >= 11 is 0. The summed E-state index contributed by atoms with van der Waals surface area (Å²) in [5, 5.41) is 9.00. The molecule has 0 saturated heterocycles. The number of carboxylic acids is 1. The maximum atomic E-state index is 11.9. The summed E-state index contributed by atoms with van der Waals surface area (Å²) in [7, 11) is 0.802. The minimum Gasteiger partial charge on any atom is -0.480 e. The Bertz CT molecular complexity index is 287. The highest BCUT2D eigenvalue weighted by atomic mass is 31.1. The highest BCUT2D eigenvalue weighted by Crippen LogP contribution is 2.09. The molecule has 106 valence electrons. The summed E-state index contributed by atoms with van der Waals surface area (Å²) in [6.45, 7) is 5.33. The number of amides is 1. The van der Waals surface area contributed by atoms with Gasteiger partial charge in [-0.25, -0.2) is 4.79 Å². The molecule has 6 nitrogen and oxygen atoms in total. The van der Waals surface area contributed by atoms with Crippen LogP contribution >= 0.6 is 8.58 Å². The average molecular weight is 277 g/mol. The van der Waals surface area contributed by atoms with Crippen LogP contribution in [0.3, 0.4) is 0 Å². The molecular formula is C11H24N3O3P. The van der Waals surface area contributed by atoms with Crippen LogP contribution in [-0.4, -0.2) is 59.4 Å². The van der Waals surface area contributed by atoms with Crippen LogP contribution in [0.4, 0.5) is 0 Å². The molecule has 18 heavy (non-hydrogen) atoms. The van der Waals surface area contributed by atoms with Gasteiger partial charge in [0, 0.05) is 12.6 Å². The van der Waals surface area contributed by atoms with Crippen molar-refractivity contribution in [2.24, 2.45) is 11.5 Å². The lowest BCUT2D eigenvalue weighted by Gasteiger charge is -2.30. The second-order valence-electron chi connectivity index (χ2n) is 4.45. The molecular weight excluding hydrogens is 253 g/mol. The van der Waals surface area contributed by atoms with Gasteiger partial charge in [0.15, 0.2) is 0 Å². The van der Waals surface area contributed by atoms with Gasteiger partial charge in [0.2, 0.25) is 5.91 Å². The lowest BCUT2D eigenvalue weighted by atomic mass is 10.1. The minimum atomic E-state index is -1.05. The number of nitrogens with two attached hydrogens (primary N) is 2. The first-order chi connectivity index (χ1) is 8.31. The van der Waals surface area contributed by atoms with Gasteiger partial charge in [-0.15, -0.1) is 8.58 Å². The summed E-state index contributed by atoms with van der Waals surface area (Å²) in [5.74, 6) is -1.42. The van der Waals surface area contributed by atoms with Gasteiger partial charge in [-0.1, -0.05) is 0 Å². The van der Waals surface area contributed by atoms with Gasteiger partial charge in [-0.05, 0) is 33.1 Å². The molecule has 0 aliphatic carbocycles. The Morgan fingerprint density at radius 2 is 1.89 bits per heavy atom. The molecule has 0 rings (SSSR count). The van der Waals surface area contributed by atoms with Crippen LogP contribution in [0.1, 0.15) is 20.3 Å². The van der Waals surface area contributed by atoms with Gasteiger partial charge >= 0.3 is 5.97 Å². The number of aliphatic carboxylic acids is 1. The Morgan fingerprint density at radius 1 is 1.33 bits per heavy atom. The van der Waals surface area contributed by atoms with E-state index in [1.807, 2.05) is 0 Å². The van der Waals surface area contributed by atoms with E-state index in [-0.39, 0.29) is 18.5 Å². The number of hydrogen-bond acceptors (Lipinski definition) is 4. The van der Waals surface area contributed by atoms with Gasteiger partial charge in [0.05, 0.1) is 6.04 Å². The van der Waals surface area contributed by atoms with E-state index in [1.165, 1.54) is 11.8 Å². The Labute approximate surface area is 110 Å². The fraction of sp³-hybridized carbons (Fsp3) is 0.818. The van der Waals surface area contributed by atoms with Crippen molar-refractivity contribution >= 4 is 20.5 Å². The molecule has 0 aromatic carbocycles. The molecule has 0 aliphatic rings. The maximum Gasteiger partial charge on any atom is 0.326 e. The molecule has 2 unspecified atom stereocenters. The Balaban J connectivity index is 4.67. The van der Waals surface area contributed by atoms with Crippen molar-refractivity contribution in [3.63, 3.8) is 0 Å². The van der Waals surface area contributed by atoms with Crippen LogP contribution < -0.4 is 11.5 Å². The first kappa shape index (κ1) is 17.3. The van der Waals surface area contributed by atoms with Gasteiger partial charge in [0.1, 0.15) is 6.04 Å². The van der Waals surface area contributed by atoms with Crippen molar-refractivity contribution in [2.45, 2.75) is 38.4 Å². The fourth-order valence-electron chi connectivity index (χ4n) is 1.51. The van der Waals surface area contributed by atoms with Crippen molar-refractivity contribution in [3.05, 3.63) is 0 Å². The third-order valence-electron chi connectivity index (χ3n) is 2.69. The van der Waals surface area contributed by atoms with Gasteiger partial charge in [-0.2, -0.15) is 0 Å². The monoisotopic (exact) mass is 277 g/mol. The van der Waals surface area contributed by atoms with Crippen molar-refractivity contribution < 1.29 is 14.7 Å². The molecule has 0 saturated carbocycles. The topological polar surface area (TPSA) is 110 Å². The number of carboxylic acid groups (broad SMARTS) is 1. The van der Waals surface area contributed by atoms with Crippen molar-refractivity contribution in [3.8, 4) is 0 Å². The van der Waals surface area contributed by atoms with Crippen LogP contribution in [0.25, 0.3) is 0 Å². The van der Waals surface area contributed by atoms with Gasteiger partial charge < -0.3 is 21.5 Å². The summed E-state index contributed by atoms with van der Waals surface area (Å²) in [4.78, 5) is 24.1. The van der Waals surface area contributed by atoms with Crippen LogP contribution in [0, 0.1) is 0 Å². The van der Waals surface area contributed by atoms with Crippen molar-refractivity contribution in [1.29, 1.82) is 0 Å². The Morgan fingerprint density at radius 3 is 2.28 bits per heavy atom. The highest BCUT2D eigenvalue weighted by Gasteiger charge is 2.28. The molecule has 0 radical (unpaired) electrons. The van der Waals surface area contributed by atoms with Crippen LogP contribution in [0.15, 0.2) is 0 Å². The maximum absolute atomic E-state index is 11.9. The van der Waals surface area contributed by atoms with E-state index >= 15 is 0 Å². The van der Waals surface area contributed by atoms with Crippen molar-refractivity contribution in [1.82, 2.24) is 4.90 Å². The number of rotatable bonds is 8. The molecule has 0 heterocycles.